The molecule has 0 saturated carbocycles. The molecule has 0 radical (unpaired) electrons. The summed E-state index contributed by atoms with van der Waals surface area (Å²) in [6.45, 7) is 2.51. The summed E-state index contributed by atoms with van der Waals surface area (Å²) in [7, 11) is 0. The molecule has 106 valence electrons. The van der Waals surface area contributed by atoms with Crippen molar-refractivity contribution in [2.45, 2.75) is 6.92 Å². The van der Waals surface area contributed by atoms with E-state index in [2.05, 4.69) is 4.98 Å². The van der Waals surface area contributed by atoms with Gasteiger partial charge in [0.2, 0.25) is 0 Å². The third-order valence-corrected chi connectivity index (χ3v) is 3.01. The van der Waals surface area contributed by atoms with Crippen molar-refractivity contribution in [2.75, 3.05) is 12.3 Å². The van der Waals surface area contributed by atoms with Crippen LogP contribution in [0.25, 0.3) is 10.9 Å². The molecule has 21 heavy (non-hydrogen) atoms. The Labute approximate surface area is 123 Å². The molecule has 0 saturated heterocycles. The van der Waals surface area contributed by atoms with E-state index >= 15 is 0 Å². The van der Waals surface area contributed by atoms with Crippen LogP contribution in [0.3, 0.4) is 0 Å². The smallest absolute Gasteiger partial charge is 0.146 e. The topological polar surface area (TPSA) is 57.4 Å². The molecule has 1 aromatic heterocycles. The van der Waals surface area contributed by atoms with Gasteiger partial charge in [0.15, 0.2) is 0 Å². The van der Waals surface area contributed by atoms with E-state index in [4.69, 9.17) is 15.2 Å². The molecular formula is C17H16N2O2. The maximum absolute atomic E-state index is 5.86. The number of nitrogens with two attached hydrogens (primary N) is 1. The van der Waals surface area contributed by atoms with Gasteiger partial charge in [-0.2, -0.15) is 0 Å². The minimum Gasteiger partial charge on any atom is -0.494 e. The number of anilines is 1. The third-order valence-electron chi connectivity index (χ3n) is 3.01. The van der Waals surface area contributed by atoms with E-state index in [-0.39, 0.29) is 0 Å². The van der Waals surface area contributed by atoms with Crippen molar-refractivity contribution in [1.82, 2.24) is 4.98 Å². The molecule has 1 heterocycles. The van der Waals surface area contributed by atoms with Crippen LogP contribution in [0.15, 0.2) is 54.7 Å². The molecule has 0 bridgehead atoms. The molecule has 3 rings (SSSR count). The lowest BCUT2D eigenvalue weighted by Gasteiger charge is -2.10. The second-order valence-corrected chi connectivity index (χ2v) is 4.64. The van der Waals surface area contributed by atoms with Gasteiger partial charge < -0.3 is 15.2 Å². The van der Waals surface area contributed by atoms with Gasteiger partial charge in [-0.05, 0) is 19.1 Å². The van der Waals surface area contributed by atoms with Crippen molar-refractivity contribution >= 4 is 16.6 Å². The Morgan fingerprint density at radius 1 is 1.00 bits per heavy atom. The van der Waals surface area contributed by atoms with Gasteiger partial charge >= 0.3 is 0 Å². The van der Waals surface area contributed by atoms with Gasteiger partial charge in [-0.25, -0.2) is 0 Å². The Balaban J connectivity index is 1.90. The number of para-hydroxylation sites is 1. The summed E-state index contributed by atoms with van der Waals surface area (Å²) in [6.07, 6.45) is 1.70. The molecule has 0 spiro atoms. The summed E-state index contributed by atoms with van der Waals surface area (Å²) in [5, 5.41) is 1.03. The van der Waals surface area contributed by atoms with Crippen LogP contribution in [0.1, 0.15) is 6.92 Å². The Morgan fingerprint density at radius 2 is 1.81 bits per heavy atom. The molecule has 0 aliphatic carbocycles. The maximum atomic E-state index is 5.86. The van der Waals surface area contributed by atoms with Crippen LogP contribution in [0.4, 0.5) is 5.69 Å². The van der Waals surface area contributed by atoms with Crippen LogP contribution in [0.2, 0.25) is 0 Å². The van der Waals surface area contributed by atoms with Crippen molar-refractivity contribution in [2.24, 2.45) is 0 Å². The average Bonchev–Trinajstić information content (AvgIpc) is 2.47. The molecule has 0 atom stereocenters. The Kier molecular flexibility index (Phi) is 3.60. The van der Waals surface area contributed by atoms with Crippen molar-refractivity contribution < 1.29 is 9.47 Å². The van der Waals surface area contributed by atoms with Crippen molar-refractivity contribution in [3.63, 3.8) is 0 Å². The molecule has 2 aromatic carbocycles. The fourth-order valence-electron chi connectivity index (χ4n) is 2.15. The minimum absolute atomic E-state index is 0.584. The highest BCUT2D eigenvalue weighted by atomic mass is 16.5. The fraction of sp³-hybridized carbons (Fsp3) is 0.118. The van der Waals surface area contributed by atoms with Gasteiger partial charge in [0.1, 0.15) is 17.2 Å². The first-order valence-corrected chi connectivity index (χ1v) is 6.80. The van der Waals surface area contributed by atoms with Crippen LogP contribution in [0.5, 0.6) is 17.2 Å². The van der Waals surface area contributed by atoms with Crippen LogP contribution < -0.4 is 15.2 Å². The van der Waals surface area contributed by atoms with Gasteiger partial charge in [0.05, 0.1) is 18.3 Å². The van der Waals surface area contributed by atoms with E-state index in [0.717, 1.165) is 10.9 Å². The summed E-state index contributed by atoms with van der Waals surface area (Å²) in [6, 6.07) is 15.2. The SMILES string of the molecule is CCOc1cc(N)cc(Oc2cnc3ccccc3c2)c1. The van der Waals surface area contributed by atoms with Crippen LogP contribution >= 0.6 is 0 Å². The molecule has 4 nitrogen and oxygen atoms in total. The number of nitrogen functional groups attached to an aromatic ring is 1. The first-order chi connectivity index (χ1) is 10.2. The number of ether oxygens (including phenoxy) is 2. The number of hydrogen-bond donors (Lipinski definition) is 1. The fourth-order valence-corrected chi connectivity index (χ4v) is 2.15. The first kappa shape index (κ1) is 13.2. The molecule has 4 heteroatoms. The molecular weight excluding hydrogens is 264 g/mol. The molecule has 2 N–H and O–H groups in total. The van der Waals surface area contributed by atoms with Crippen molar-refractivity contribution in [3.8, 4) is 17.2 Å². The number of hydrogen-bond acceptors (Lipinski definition) is 4. The molecule has 0 unspecified atom stereocenters. The van der Waals surface area contributed by atoms with Crippen LogP contribution in [-0.4, -0.2) is 11.6 Å². The summed E-state index contributed by atoms with van der Waals surface area (Å²) in [5.74, 6) is 2.00. The third kappa shape index (κ3) is 3.05. The number of rotatable bonds is 4. The average molecular weight is 280 g/mol. The lowest BCUT2D eigenvalue weighted by Crippen LogP contribution is -1.95. The van der Waals surface area contributed by atoms with E-state index in [1.165, 1.54) is 0 Å². The highest BCUT2D eigenvalue weighted by molar-refractivity contribution is 5.79. The Bertz CT molecular complexity index is 772. The number of benzene rings is 2. The highest BCUT2D eigenvalue weighted by Gasteiger charge is 2.04. The summed E-state index contributed by atoms with van der Waals surface area (Å²) in [4.78, 5) is 4.37. The summed E-state index contributed by atoms with van der Waals surface area (Å²) in [5.41, 5.74) is 7.40. The molecule has 0 aliphatic heterocycles. The van der Waals surface area contributed by atoms with E-state index in [0.29, 0.717) is 29.5 Å². The van der Waals surface area contributed by atoms with Gasteiger partial charge in [-0.3, -0.25) is 4.98 Å². The predicted octanol–water partition coefficient (Wildman–Crippen LogP) is 4.01. The molecule has 0 fully saturated rings. The van der Waals surface area contributed by atoms with E-state index < -0.39 is 0 Å². The molecule has 3 aromatic rings. The van der Waals surface area contributed by atoms with Gasteiger partial charge in [-0.15, -0.1) is 0 Å². The highest BCUT2D eigenvalue weighted by Crippen LogP contribution is 2.29. The van der Waals surface area contributed by atoms with E-state index in [9.17, 15) is 0 Å². The quantitative estimate of drug-likeness (QED) is 0.734. The predicted molar refractivity (Wildman–Crippen MR) is 83.8 cm³/mol. The maximum Gasteiger partial charge on any atom is 0.146 e. The number of aromatic nitrogens is 1. The standard InChI is InChI=1S/C17H16N2O2/c1-2-20-14-8-13(18)9-15(10-14)21-16-7-12-5-3-4-6-17(12)19-11-16/h3-11H,2,18H2,1H3. The van der Waals surface area contributed by atoms with Gasteiger partial charge in [0.25, 0.3) is 0 Å². The monoisotopic (exact) mass is 280 g/mol. The number of nitrogens with zero attached hydrogens (tertiary/aromatic N) is 1. The molecule has 0 aliphatic rings. The van der Waals surface area contributed by atoms with Crippen molar-refractivity contribution in [3.05, 3.63) is 54.7 Å². The van der Waals surface area contributed by atoms with E-state index in [1.54, 1.807) is 18.3 Å². The largest absolute Gasteiger partial charge is 0.494 e. The van der Waals surface area contributed by atoms with E-state index in [1.807, 2.05) is 43.3 Å². The number of fused-ring (bicyclic) bond motifs is 1. The summed E-state index contributed by atoms with van der Waals surface area (Å²) < 4.78 is 11.3. The lowest BCUT2D eigenvalue weighted by atomic mass is 10.2. The first-order valence-electron chi connectivity index (χ1n) is 6.80. The van der Waals surface area contributed by atoms with Crippen molar-refractivity contribution in [1.29, 1.82) is 0 Å². The van der Waals surface area contributed by atoms with Crippen LogP contribution in [-0.2, 0) is 0 Å². The zero-order chi connectivity index (χ0) is 14.7. The minimum atomic E-state index is 0.584. The Hall–Kier alpha value is -2.75. The molecule has 0 amide bonds. The van der Waals surface area contributed by atoms with Crippen LogP contribution in [0, 0.1) is 0 Å². The second kappa shape index (κ2) is 5.71. The van der Waals surface area contributed by atoms with Gasteiger partial charge in [0, 0.05) is 29.3 Å². The second-order valence-electron chi connectivity index (χ2n) is 4.64. The normalized spacial score (nSPS) is 10.5. The zero-order valence-corrected chi connectivity index (χ0v) is 11.7. The Morgan fingerprint density at radius 3 is 2.67 bits per heavy atom. The number of pyridine rings is 1. The zero-order valence-electron chi connectivity index (χ0n) is 11.7. The lowest BCUT2D eigenvalue weighted by molar-refractivity contribution is 0.338. The van der Waals surface area contributed by atoms with Gasteiger partial charge in [-0.1, -0.05) is 18.2 Å². The summed E-state index contributed by atoms with van der Waals surface area (Å²) >= 11 is 0.